The molecule has 1 aromatic heterocycles. The summed E-state index contributed by atoms with van der Waals surface area (Å²) in [6.07, 6.45) is 0. The Labute approximate surface area is 150 Å². The van der Waals surface area contributed by atoms with Crippen molar-refractivity contribution >= 4 is 22.9 Å². The zero-order valence-electron chi connectivity index (χ0n) is 13.9. The fraction of sp³-hybridized carbons (Fsp3) is 0.150. The normalized spacial score (nSPS) is 13.2. The predicted octanol–water partition coefficient (Wildman–Crippen LogP) is 3.57. The Morgan fingerprint density at radius 2 is 1.76 bits per heavy atom. The molecule has 0 bridgehead atoms. The summed E-state index contributed by atoms with van der Waals surface area (Å²) < 4.78 is 13.0. The molecule has 0 unspecified atom stereocenters. The van der Waals surface area contributed by atoms with Gasteiger partial charge in [-0.05, 0) is 42.6 Å². The number of carbonyl (C=O) groups excluding carboxylic acids is 1. The number of halogens is 1. The van der Waals surface area contributed by atoms with E-state index in [4.69, 9.17) is 0 Å². The van der Waals surface area contributed by atoms with Crippen LogP contribution in [0.2, 0.25) is 0 Å². The van der Waals surface area contributed by atoms with E-state index in [1.165, 1.54) is 17.0 Å². The lowest BCUT2D eigenvalue weighted by atomic mass is 10.0. The van der Waals surface area contributed by atoms with Crippen molar-refractivity contribution < 1.29 is 14.5 Å². The number of quaternary nitrogens is 1. The molecule has 0 aliphatic heterocycles. The molecule has 1 heterocycles. The van der Waals surface area contributed by atoms with Crippen LogP contribution in [0.4, 0.5) is 10.1 Å². The summed E-state index contributed by atoms with van der Waals surface area (Å²) in [6, 6.07) is 19.8. The van der Waals surface area contributed by atoms with Gasteiger partial charge in [0.25, 0.3) is 5.91 Å². The van der Waals surface area contributed by atoms with Crippen molar-refractivity contribution in [3.63, 3.8) is 0 Å². The van der Waals surface area contributed by atoms with Gasteiger partial charge in [-0.25, -0.2) is 4.39 Å². The predicted molar refractivity (Wildman–Crippen MR) is 99.0 cm³/mol. The second-order valence-corrected chi connectivity index (χ2v) is 6.86. The molecule has 0 radical (unpaired) electrons. The van der Waals surface area contributed by atoms with Crippen LogP contribution in [0.25, 0.3) is 0 Å². The number of benzene rings is 2. The van der Waals surface area contributed by atoms with Crippen LogP contribution in [0, 0.1) is 5.82 Å². The quantitative estimate of drug-likeness (QED) is 0.698. The lowest BCUT2D eigenvalue weighted by Gasteiger charge is -2.19. The molecule has 25 heavy (non-hydrogen) atoms. The van der Waals surface area contributed by atoms with Crippen molar-refractivity contribution in [2.45, 2.75) is 19.0 Å². The molecule has 128 valence electrons. The Hall–Kier alpha value is -2.50. The van der Waals surface area contributed by atoms with E-state index in [2.05, 4.69) is 28.8 Å². The highest BCUT2D eigenvalue weighted by Gasteiger charge is 2.25. The summed E-state index contributed by atoms with van der Waals surface area (Å²) in [4.78, 5) is 13.7. The van der Waals surface area contributed by atoms with Crippen molar-refractivity contribution in [1.29, 1.82) is 0 Å². The van der Waals surface area contributed by atoms with E-state index in [0.717, 1.165) is 5.56 Å². The van der Waals surface area contributed by atoms with Gasteiger partial charge in [-0.2, -0.15) is 0 Å². The average Bonchev–Trinajstić information content (AvgIpc) is 3.16. The zero-order chi connectivity index (χ0) is 17.6. The van der Waals surface area contributed by atoms with Crippen molar-refractivity contribution in [2.24, 2.45) is 0 Å². The zero-order valence-corrected chi connectivity index (χ0v) is 14.7. The number of hydrogen-bond donors (Lipinski definition) is 2. The maximum atomic E-state index is 13.0. The average molecular weight is 355 g/mol. The van der Waals surface area contributed by atoms with E-state index >= 15 is 0 Å². The van der Waals surface area contributed by atoms with Crippen molar-refractivity contribution in [3.05, 3.63) is 88.4 Å². The van der Waals surface area contributed by atoms with Crippen molar-refractivity contribution in [3.8, 4) is 0 Å². The van der Waals surface area contributed by atoms with Crippen molar-refractivity contribution in [1.82, 2.24) is 0 Å². The first-order valence-corrected chi connectivity index (χ1v) is 9.01. The minimum atomic E-state index is -0.320. The molecule has 0 saturated heterocycles. The topological polar surface area (TPSA) is 45.7 Å². The van der Waals surface area contributed by atoms with Crippen LogP contribution in [-0.2, 0) is 4.79 Å². The van der Waals surface area contributed by atoms with Gasteiger partial charge in [0.2, 0.25) is 0 Å². The molecule has 0 spiro atoms. The Bertz CT molecular complexity index is 803. The molecule has 3 aromatic rings. The monoisotopic (exact) mass is 355 g/mol. The SMILES string of the molecule is C[C@@H]([NH2+][C@H](c1ccccc1)c1cccs1)C(=O)Nc1ccc(F)cc1. The van der Waals surface area contributed by atoms with Gasteiger partial charge < -0.3 is 10.6 Å². The first-order chi connectivity index (χ1) is 12.1. The Morgan fingerprint density at radius 3 is 2.40 bits per heavy atom. The molecular weight excluding hydrogens is 335 g/mol. The third-order valence-corrected chi connectivity index (χ3v) is 4.97. The van der Waals surface area contributed by atoms with E-state index in [0.29, 0.717) is 5.69 Å². The lowest BCUT2D eigenvalue weighted by molar-refractivity contribution is -0.703. The number of amides is 1. The molecule has 3 N–H and O–H groups in total. The molecule has 0 saturated carbocycles. The van der Waals surface area contributed by atoms with Gasteiger partial charge in [0.05, 0.1) is 4.88 Å². The van der Waals surface area contributed by atoms with Gasteiger partial charge in [-0.3, -0.25) is 4.79 Å². The van der Waals surface area contributed by atoms with Gasteiger partial charge in [-0.1, -0.05) is 36.4 Å². The number of thiophene rings is 1. The summed E-state index contributed by atoms with van der Waals surface area (Å²) in [7, 11) is 0. The lowest BCUT2D eigenvalue weighted by Crippen LogP contribution is -2.92. The Balaban J connectivity index is 1.72. The van der Waals surface area contributed by atoms with E-state index in [-0.39, 0.29) is 23.8 Å². The summed E-state index contributed by atoms with van der Waals surface area (Å²) in [5.74, 6) is -0.427. The van der Waals surface area contributed by atoms with Crippen molar-refractivity contribution in [2.75, 3.05) is 5.32 Å². The molecular formula is C20H20FN2OS+. The first kappa shape index (κ1) is 17.3. The highest BCUT2D eigenvalue weighted by atomic mass is 32.1. The highest BCUT2D eigenvalue weighted by molar-refractivity contribution is 7.10. The van der Waals surface area contributed by atoms with Crippen LogP contribution in [0.3, 0.4) is 0 Å². The summed E-state index contributed by atoms with van der Waals surface area (Å²) in [5, 5.41) is 6.94. The summed E-state index contributed by atoms with van der Waals surface area (Å²) >= 11 is 1.68. The van der Waals surface area contributed by atoms with Gasteiger partial charge in [0.1, 0.15) is 11.9 Å². The molecule has 0 aliphatic rings. The Morgan fingerprint density at radius 1 is 1.04 bits per heavy atom. The molecule has 0 fully saturated rings. The highest BCUT2D eigenvalue weighted by Crippen LogP contribution is 2.22. The van der Waals surface area contributed by atoms with E-state index in [9.17, 15) is 9.18 Å². The largest absolute Gasteiger partial charge is 0.326 e. The number of rotatable bonds is 6. The van der Waals surface area contributed by atoms with Crippen LogP contribution in [0.5, 0.6) is 0 Å². The molecule has 1 amide bonds. The first-order valence-electron chi connectivity index (χ1n) is 8.13. The standard InChI is InChI=1S/C20H19FN2OS/c1-14(20(24)23-17-11-9-16(21)10-12-17)22-19(18-8-5-13-25-18)15-6-3-2-4-7-15/h2-14,19,22H,1H3,(H,23,24)/p+1/t14-,19-/m1/s1. The molecule has 5 heteroatoms. The number of carbonyl (C=O) groups is 1. The number of nitrogens with two attached hydrogens (primary N) is 1. The second kappa shape index (κ2) is 8.05. The Kier molecular flexibility index (Phi) is 5.58. The number of hydrogen-bond acceptors (Lipinski definition) is 2. The second-order valence-electron chi connectivity index (χ2n) is 5.88. The van der Waals surface area contributed by atoms with Gasteiger partial charge in [0.15, 0.2) is 6.04 Å². The van der Waals surface area contributed by atoms with Crippen LogP contribution >= 0.6 is 11.3 Å². The smallest absolute Gasteiger partial charge is 0.282 e. The molecule has 3 nitrogen and oxygen atoms in total. The minimum absolute atomic E-state index is 0.0650. The third kappa shape index (κ3) is 4.53. The van der Waals surface area contributed by atoms with Gasteiger partial charge in [0, 0.05) is 11.3 Å². The van der Waals surface area contributed by atoms with Crippen LogP contribution in [-0.4, -0.2) is 11.9 Å². The van der Waals surface area contributed by atoms with Crippen LogP contribution in [0.1, 0.15) is 23.4 Å². The summed E-state index contributed by atoms with van der Waals surface area (Å²) in [5.41, 5.74) is 1.76. The third-order valence-electron chi connectivity index (χ3n) is 4.01. The van der Waals surface area contributed by atoms with Gasteiger partial charge >= 0.3 is 0 Å². The molecule has 0 aliphatic carbocycles. The maximum Gasteiger partial charge on any atom is 0.282 e. The van der Waals surface area contributed by atoms with E-state index in [1.54, 1.807) is 23.5 Å². The van der Waals surface area contributed by atoms with Crippen LogP contribution in [0.15, 0.2) is 72.1 Å². The fourth-order valence-electron chi connectivity index (χ4n) is 2.66. The van der Waals surface area contributed by atoms with E-state index in [1.807, 2.05) is 36.6 Å². The minimum Gasteiger partial charge on any atom is -0.326 e. The maximum absolute atomic E-state index is 13.0. The number of anilines is 1. The van der Waals surface area contributed by atoms with Crippen LogP contribution < -0.4 is 10.6 Å². The van der Waals surface area contributed by atoms with Gasteiger partial charge in [-0.15, -0.1) is 11.3 Å². The number of nitrogens with one attached hydrogen (secondary N) is 1. The molecule has 3 rings (SSSR count). The molecule has 2 atom stereocenters. The summed E-state index contributed by atoms with van der Waals surface area (Å²) in [6.45, 7) is 1.88. The fourth-order valence-corrected chi connectivity index (χ4v) is 3.50. The van der Waals surface area contributed by atoms with E-state index < -0.39 is 0 Å². The molecule has 2 aromatic carbocycles.